The van der Waals surface area contributed by atoms with Crippen molar-refractivity contribution in [1.29, 1.82) is 0 Å². The van der Waals surface area contributed by atoms with Gasteiger partial charge in [0.15, 0.2) is 0 Å². The largest absolute Gasteiger partial charge is 0.492 e. The third kappa shape index (κ3) is 1.26. The average molecular weight is 222 g/mol. The lowest BCUT2D eigenvalue weighted by Gasteiger charge is -2.19. The van der Waals surface area contributed by atoms with Crippen LogP contribution in [0.1, 0.15) is 5.56 Å². The first kappa shape index (κ1) is 8.61. The predicted octanol–water partition coefficient (Wildman–Crippen LogP) is 2.16. The molecule has 4 nitrogen and oxygen atoms in total. The minimum absolute atomic E-state index is 0.0142. The van der Waals surface area contributed by atoms with E-state index in [1.807, 2.05) is 22.8 Å². The van der Waals surface area contributed by atoms with E-state index in [9.17, 15) is 5.11 Å². The molecule has 76 valence electrons. The van der Waals surface area contributed by atoms with Crippen LogP contribution in [-0.2, 0) is 6.54 Å². The highest BCUT2D eigenvalue weighted by molar-refractivity contribution is 6.30. The number of nitrogens with one attached hydrogen (secondary N) is 1. The first-order valence-corrected chi connectivity index (χ1v) is 4.93. The Kier molecular flexibility index (Phi) is 1.67. The van der Waals surface area contributed by atoms with Crippen molar-refractivity contribution in [3.8, 4) is 11.6 Å². The van der Waals surface area contributed by atoms with E-state index in [0.29, 0.717) is 17.5 Å². The molecule has 1 aromatic heterocycles. The molecule has 2 N–H and O–H groups in total. The predicted molar refractivity (Wildman–Crippen MR) is 57.6 cm³/mol. The van der Waals surface area contributed by atoms with Crippen LogP contribution in [0, 0.1) is 0 Å². The van der Waals surface area contributed by atoms with Gasteiger partial charge in [-0.15, -0.1) is 0 Å². The van der Waals surface area contributed by atoms with Crippen molar-refractivity contribution >= 4 is 17.5 Å². The number of rotatable bonds is 0. The Labute approximate surface area is 91.1 Å². The Morgan fingerprint density at radius 3 is 3.20 bits per heavy atom. The molecule has 0 aliphatic carbocycles. The molecule has 0 unspecified atom stereocenters. The van der Waals surface area contributed by atoms with Gasteiger partial charge in [0, 0.05) is 11.6 Å². The zero-order chi connectivity index (χ0) is 10.4. The quantitative estimate of drug-likeness (QED) is 0.717. The molecule has 2 heterocycles. The smallest absolute Gasteiger partial charge is 0.231 e. The number of hydrogen-bond acceptors (Lipinski definition) is 3. The zero-order valence-corrected chi connectivity index (χ0v) is 8.49. The van der Waals surface area contributed by atoms with E-state index < -0.39 is 0 Å². The van der Waals surface area contributed by atoms with Gasteiger partial charge < -0.3 is 10.4 Å². The molecule has 3 rings (SSSR count). The van der Waals surface area contributed by atoms with Crippen molar-refractivity contribution in [2.24, 2.45) is 0 Å². The summed E-state index contributed by atoms with van der Waals surface area (Å²) < 4.78 is 1.81. The third-order valence-electron chi connectivity index (χ3n) is 2.43. The second-order valence-corrected chi connectivity index (χ2v) is 3.86. The molecule has 0 fully saturated rings. The number of halogens is 1. The van der Waals surface area contributed by atoms with Crippen LogP contribution in [0.4, 0.5) is 5.95 Å². The molecule has 1 aliphatic rings. The van der Waals surface area contributed by atoms with Gasteiger partial charge in [-0.25, -0.2) is 0 Å². The van der Waals surface area contributed by atoms with Crippen molar-refractivity contribution in [2.75, 3.05) is 5.32 Å². The Morgan fingerprint density at radius 2 is 2.33 bits per heavy atom. The summed E-state index contributed by atoms with van der Waals surface area (Å²) in [6.07, 6.45) is 1.58. The average Bonchev–Trinajstić information content (AvgIpc) is 2.58. The molecule has 0 radical (unpaired) electrons. The highest BCUT2D eigenvalue weighted by atomic mass is 35.5. The van der Waals surface area contributed by atoms with E-state index >= 15 is 0 Å². The van der Waals surface area contributed by atoms with Gasteiger partial charge in [-0.1, -0.05) is 11.6 Å². The standard InChI is InChI=1S/C10H8ClN3O/c11-7-1-2-8-6(3-7)4-12-10-13-9(15)5-14(8)10/h1-3,5,15H,4H2,(H,12,13). The molecule has 0 spiro atoms. The number of imidazole rings is 1. The van der Waals surface area contributed by atoms with Gasteiger partial charge in [0.25, 0.3) is 0 Å². The summed E-state index contributed by atoms with van der Waals surface area (Å²) in [5, 5.41) is 13.1. The Balaban J connectivity index is 2.25. The van der Waals surface area contributed by atoms with Gasteiger partial charge in [0.05, 0.1) is 11.9 Å². The molecule has 15 heavy (non-hydrogen) atoms. The molecule has 0 saturated carbocycles. The van der Waals surface area contributed by atoms with Gasteiger partial charge in [-0.05, 0) is 23.8 Å². The van der Waals surface area contributed by atoms with Crippen molar-refractivity contribution in [1.82, 2.24) is 9.55 Å². The Hall–Kier alpha value is -1.68. The summed E-state index contributed by atoms with van der Waals surface area (Å²) in [7, 11) is 0. The number of hydrogen-bond donors (Lipinski definition) is 2. The first-order valence-electron chi connectivity index (χ1n) is 4.55. The van der Waals surface area contributed by atoms with Gasteiger partial charge in [-0.2, -0.15) is 4.98 Å². The summed E-state index contributed by atoms with van der Waals surface area (Å²) in [6.45, 7) is 0.673. The van der Waals surface area contributed by atoms with Gasteiger partial charge in [0.2, 0.25) is 11.8 Å². The van der Waals surface area contributed by atoms with E-state index in [0.717, 1.165) is 11.3 Å². The summed E-state index contributed by atoms with van der Waals surface area (Å²) in [4.78, 5) is 3.95. The van der Waals surface area contributed by atoms with Crippen molar-refractivity contribution in [3.05, 3.63) is 35.0 Å². The van der Waals surface area contributed by atoms with E-state index in [1.54, 1.807) is 6.20 Å². The summed E-state index contributed by atoms with van der Waals surface area (Å²) in [6, 6.07) is 5.65. The summed E-state index contributed by atoms with van der Waals surface area (Å²) >= 11 is 5.91. The summed E-state index contributed by atoms with van der Waals surface area (Å²) in [5.41, 5.74) is 2.09. The van der Waals surface area contributed by atoms with E-state index in [4.69, 9.17) is 11.6 Å². The van der Waals surface area contributed by atoms with E-state index in [2.05, 4.69) is 10.3 Å². The minimum atomic E-state index is 0.0142. The van der Waals surface area contributed by atoms with Crippen LogP contribution in [0.15, 0.2) is 24.4 Å². The van der Waals surface area contributed by atoms with Gasteiger partial charge in [-0.3, -0.25) is 4.57 Å². The fraction of sp³-hybridized carbons (Fsp3) is 0.100. The molecule has 0 saturated heterocycles. The molecule has 5 heteroatoms. The van der Waals surface area contributed by atoms with E-state index in [-0.39, 0.29) is 5.88 Å². The van der Waals surface area contributed by atoms with Crippen molar-refractivity contribution in [3.63, 3.8) is 0 Å². The maximum Gasteiger partial charge on any atom is 0.231 e. The number of benzene rings is 1. The lowest BCUT2D eigenvalue weighted by Crippen LogP contribution is -2.14. The molecule has 2 aromatic rings. The molecular formula is C10H8ClN3O. The Bertz CT molecular complexity index is 535. The van der Waals surface area contributed by atoms with Crippen LogP contribution in [0.5, 0.6) is 5.88 Å². The number of anilines is 1. The van der Waals surface area contributed by atoms with Gasteiger partial charge in [0.1, 0.15) is 0 Å². The monoisotopic (exact) mass is 221 g/mol. The fourth-order valence-electron chi connectivity index (χ4n) is 1.78. The first-order chi connectivity index (χ1) is 7.24. The molecule has 1 aliphatic heterocycles. The second-order valence-electron chi connectivity index (χ2n) is 3.42. The zero-order valence-electron chi connectivity index (χ0n) is 7.74. The summed E-state index contributed by atoms with van der Waals surface area (Å²) in [5.74, 6) is 0.669. The molecule has 0 bridgehead atoms. The molecular weight excluding hydrogens is 214 g/mol. The van der Waals surface area contributed by atoms with Crippen LogP contribution in [0.3, 0.4) is 0 Å². The number of aromatic hydroxyl groups is 1. The SMILES string of the molecule is Oc1cn2c(n1)NCc1cc(Cl)ccc1-2. The number of aromatic nitrogens is 2. The number of fused-ring (bicyclic) bond motifs is 3. The van der Waals surface area contributed by atoms with Crippen LogP contribution < -0.4 is 5.32 Å². The normalized spacial score (nSPS) is 12.9. The molecule has 0 amide bonds. The molecule has 0 atom stereocenters. The van der Waals surface area contributed by atoms with Gasteiger partial charge >= 0.3 is 0 Å². The second kappa shape index (κ2) is 2.90. The van der Waals surface area contributed by atoms with Crippen LogP contribution >= 0.6 is 11.6 Å². The minimum Gasteiger partial charge on any atom is -0.492 e. The fourth-order valence-corrected chi connectivity index (χ4v) is 1.98. The highest BCUT2D eigenvalue weighted by Crippen LogP contribution is 2.29. The topological polar surface area (TPSA) is 50.1 Å². The lowest BCUT2D eigenvalue weighted by molar-refractivity contribution is 0.456. The maximum atomic E-state index is 9.31. The number of nitrogens with zero attached hydrogens (tertiary/aromatic N) is 2. The highest BCUT2D eigenvalue weighted by Gasteiger charge is 2.17. The molecule has 1 aromatic carbocycles. The van der Waals surface area contributed by atoms with E-state index in [1.165, 1.54) is 0 Å². The van der Waals surface area contributed by atoms with Crippen molar-refractivity contribution < 1.29 is 5.11 Å². The maximum absolute atomic E-state index is 9.31. The third-order valence-corrected chi connectivity index (χ3v) is 2.67. The van der Waals surface area contributed by atoms with Crippen molar-refractivity contribution in [2.45, 2.75) is 6.54 Å². The Morgan fingerprint density at radius 1 is 1.47 bits per heavy atom. The van der Waals surface area contributed by atoms with Crippen LogP contribution in [0.25, 0.3) is 5.69 Å². The lowest BCUT2D eigenvalue weighted by atomic mass is 10.1. The van der Waals surface area contributed by atoms with Crippen LogP contribution in [0.2, 0.25) is 5.02 Å². The van der Waals surface area contributed by atoms with Crippen LogP contribution in [-0.4, -0.2) is 14.7 Å².